The van der Waals surface area contributed by atoms with Crippen molar-refractivity contribution in [2.75, 3.05) is 39.0 Å². The Morgan fingerprint density at radius 2 is 1.78 bits per heavy atom. The van der Waals surface area contributed by atoms with Crippen LogP contribution in [0.25, 0.3) is 28.0 Å². The van der Waals surface area contributed by atoms with Gasteiger partial charge in [0.2, 0.25) is 5.91 Å². The number of likely N-dealkylation sites (tertiary alicyclic amines) is 1. The van der Waals surface area contributed by atoms with Crippen LogP contribution in [0.4, 0.5) is 5.69 Å². The maximum absolute atomic E-state index is 13.4. The highest BCUT2D eigenvalue weighted by molar-refractivity contribution is 5.96. The number of carbonyl (C=O) groups excluding carboxylic acids is 2. The number of aromatic nitrogens is 4. The summed E-state index contributed by atoms with van der Waals surface area (Å²) in [6, 6.07) is 25.4. The molecule has 0 aliphatic carbocycles. The van der Waals surface area contributed by atoms with Crippen LogP contribution in [-0.4, -0.2) is 74.9 Å². The van der Waals surface area contributed by atoms with Crippen molar-refractivity contribution < 1.29 is 9.59 Å². The zero-order valence-electron chi connectivity index (χ0n) is 25.9. The first kappa shape index (κ1) is 30.1. The Hall–Kier alpha value is -4.89. The van der Waals surface area contributed by atoms with Crippen molar-refractivity contribution in [3.63, 3.8) is 0 Å². The lowest BCUT2D eigenvalue weighted by Crippen LogP contribution is -2.40. The van der Waals surface area contributed by atoms with Gasteiger partial charge in [0.1, 0.15) is 11.5 Å². The fourth-order valence-corrected chi connectivity index (χ4v) is 6.02. The van der Waals surface area contributed by atoms with Gasteiger partial charge >= 0.3 is 0 Å². The number of rotatable bonds is 10. The molecule has 45 heavy (non-hydrogen) atoms. The van der Waals surface area contributed by atoms with Crippen LogP contribution < -0.4 is 5.32 Å². The molecule has 2 aromatic carbocycles. The first-order chi connectivity index (χ1) is 21.9. The van der Waals surface area contributed by atoms with Gasteiger partial charge < -0.3 is 15.1 Å². The van der Waals surface area contributed by atoms with Crippen LogP contribution in [0, 0.1) is 5.92 Å². The largest absolute Gasteiger partial charge is 0.338 e. The third-order valence-corrected chi connectivity index (χ3v) is 8.25. The Morgan fingerprint density at radius 1 is 0.978 bits per heavy atom. The number of fused-ring (bicyclic) bond motifs is 1. The van der Waals surface area contributed by atoms with Gasteiger partial charge in [-0.05, 0) is 88.3 Å². The summed E-state index contributed by atoms with van der Waals surface area (Å²) in [4.78, 5) is 39.4. The Labute approximate surface area is 263 Å². The van der Waals surface area contributed by atoms with E-state index < -0.39 is 0 Å². The number of piperidine rings is 1. The van der Waals surface area contributed by atoms with Gasteiger partial charge in [-0.2, -0.15) is 5.10 Å². The number of hydrogen-bond acceptors (Lipinski definition) is 6. The molecule has 4 heterocycles. The van der Waals surface area contributed by atoms with E-state index in [2.05, 4.69) is 33.4 Å². The number of nitrogens with one attached hydrogen (secondary N) is 1. The van der Waals surface area contributed by atoms with Crippen LogP contribution in [0.3, 0.4) is 0 Å². The molecule has 1 aliphatic heterocycles. The first-order valence-electron chi connectivity index (χ1n) is 15.6. The Morgan fingerprint density at radius 3 is 2.58 bits per heavy atom. The van der Waals surface area contributed by atoms with Gasteiger partial charge in [-0.25, -0.2) is 14.5 Å². The van der Waals surface area contributed by atoms with Crippen LogP contribution in [-0.2, 0) is 11.2 Å². The summed E-state index contributed by atoms with van der Waals surface area (Å²) in [6.07, 6.45) is 7.69. The fraction of sp³-hybridized carbons (Fsp3) is 0.306. The lowest BCUT2D eigenvalue weighted by Gasteiger charge is -2.32. The normalized spacial score (nSPS) is 15.0. The third kappa shape index (κ3) is 7.26. The summed E-state index contributed by atoms with van der Waals surface area (Å²) in [5, 5.41) is 7.82. The zero-order chi connectivity index (χ0) is 31.2. The highest BCUT2D eigenvalue weighted by Crippen LogP contribution is 2.34. The second kappa shape index (κ2) is 13.8. The van der Waals surface area contributed by atoms with E-state index in [1.54, 1.807) is 12.1 Å². The molecule has 0 unspecified atom stereocenters. The maximum Gasteiger partial charge on any atom is 0.253 e. The number of anilines is 1. The predicted octanol–water partition coefficient (Wildman–Crippen LogP) is 5.83. The van der Waals surface area contributed by atoms with E-state index in [1.165, 1.54) is 0 Å². The zero-order valence-corrected chi connectivity index (χ0v) is 25.9. The summed E-state index contributed by atoms with van der Waals surface area (Å²) >= 11 is 0. The van der Waals surface area contributed by atoms with Gasteiger partial charge in [0.25, 0.3) is 5.91 Å². The minimum Gasteiger partial charge on any atom is -0.338 e. The molecule has 9 nitrogen and oxygen atoms in total. The molecule has 3 aromatic heterocycles. The summed E-state index contributed by atoms with van der Waals surface area (Å²) in [5.74, 6) is 1.03. The number of hydrogen-bond donors (Lipinski definition) is 1. The number of amides is 2. The van der Waals surface area contributed by atoms with Crippen molar-refractivity contribution in [1.29, 1.82) is 0 Å². The molecule has 0 radical (unpaired) electrons. The predicted molar refractivity (Wildman–Crippen MR) is 177 cm³/mol. The van der Waals surface area contributed by atoms with Crippen LogP contribution in [0.2, 0.25) is 0 Å². The summed E-state index contributed by atoms with van der Waals surface area (Å²) in [6.45, 7) is 2.25. The van der Waals surface area contributed by atoms with E-state index in [0.29, 0.717) is 30.6 Å². The second-order valence-electron chi connectivity index (χ2n) is 12.0. The average molecular weight is 602 g/mol. The van der Waals surface area contributed by atoms with Gasteiger partial charge in [0.05, 0.1) is 16.8 Å². The molecule has 9 heteroatoms. The Balaban J connectivity index is 1.13. The van der Waals surface area contributed by atoms with E-state index in [0.717, 1.165) is 66.2 Å². The molecule has 1 aliphatic rings. The van der Waals surface area contributed by atoms with E-state index >= 15 is 0 Å². The molecule has 1 N–H and O–H groups in total. The minimum atomic E-state index is -0.0149. The lowest BCUT2D eigenvalue weighted by atomic mass is 9.93. The molecule has 6 rings (SSSR count). The van der Waals surface area contributed by atoms with Crippen molar-refractivity contribution in [2.24, 2.45) is 5.92 Å². The lowest BCUT2D eigenvalue weighted by molar-refractivity contribution is -0.116. The van der Waals surface area contributed by atoms with Crippen LogP contribution >= 0.6 is 0 Å². The smallest absolute Gasteiger partial charge is 0.253 e. The van der Waals surface area contributed by atoms with Crippen molar-refractivity contribution >= 4 is 23.0 Å². The second-order valence-corrected chi connectivity index (χ2v) is 12.0. The van der Waals surface area contributed by atoms with Crippen molar-refractivity contribution in [1.82, 2.24) is 29.4 Å². The highest BCUT2D eigenvalue weighted by Gasteiger charge is 2.26. The number of nitrogens with zero attached hydrogens (tertiary/aromatic N) is 6. The quantitative estimate of drug-likeness (QED) is 0.216. The van der Waals surface area contributed by atoms with Crippen LogP contribution in [0.1, 0.15) is 41.9 Å². The minimum absolute atomic E-state index is 0.0112. The molecule has 0 bridgehead atoms. The molecule has 1 saturated heterocycles. The standard InChI is InChI=1S/C36H39N7O2/c1-41(2)21-9-14-33(44)38-29-17-15-28(16-18-29)36(45)42-22-8-10-26(25-42)24-32-37-20-19-30(39-32)34-31-13-6-7-23-43(31)40-35(34)27-11-4-3-5-12-27/h3-7,11-13,15-20,23,26H,8-10,14,21-22,24-25H2,1-2H3,(H,38,44)/t26-/m0/s1. The van der Waals surface area contributed by atoms with Crippen molar-refractivity contribution in [2.45, 2.75) is 32.1 Å². The van der Waals surface area contributed by atoms with Gasteiger partial charge in [-0.1, -0.05) is 36.4 Å². The van der Waals surface area contributed by atoms with Crippen molar-refractivity contribution in [3.05, 3.63) is 103 Å². The summed E-state index contributed by atoms with van der Waals surface area (Å²) in [7, 11) is 3.99. The summed E-state index contributed by atoms with van der Waals surface area (Å²) in [5.41, 5.74) is 6.07. The van der Waals surface area contributed by atoms with E-state index in [9.17, 15) is 9.59 Å². The Kier molecular flexibility index (Phi) is 9.26. The molecule has 230 valence electrons. The molecular weight excluding hydrogens is 562 g/mol. The van der Waals surface area contributed by atoms with Gasteiger partial charge in [0, 0.05) is 55.1 Å². The molecule has 5 aromatic rings. The van der Waals surface area contributed by atoms with Gasteiger partial charge in [0.15, 0.2) is 0 Å². The van der Waals surface area contributed by atoms with Crippen molar-refractivity contribution in [3.8, 4) is 22.5 Å². The topological polar surface area (TPSA) is 95.7 Å². The number of benzene rings is 2. The van der Waals surface area contributed by atoms with Gasteiger partial charge in [-0.15, -0.1) is 0 Å². The Bertz CT molecular complexity index is 1770. The molecule has 2 amide bonds. The monoisotopic (exact) mass is 601 g/mol. The molecule has 1 fully saturated rings. The molecule has 0 spiro atoms. The molecule has 1 atom stereocenters. The maximum atomic E-state index is 13.4. The van der Waals surface area contributed by atoms with E-state index in [-0.39, 0.29) is 17.7 Å². The SMILES string of the molecule is CN(C)CCCC(=O)Nc1ccc(C(=O)N2CCC[C@@H](Cc3nccc(-c4c(-c5ccccc5)nn5ccccc45)n3)C2)cc1. The highest BCUT2D eigenvalue weighted by atomic mass is 16.2. The summed E-state index contributed by atoms with van der Waals surface area (Å²) < 4.78 is 1.90. The van der Waals surface area contributed by atoms with E-state index in [1.807, 2.05) is 84.4 Å². The third-order valence-electron chi connectivity index (χ3n) is 8.25. The van der Waals surface area contributed by atoms with Crippen LogP contribution in [0.15, 0.2) is 91.3 Å². The van der Waals surface area contributed by atoms with E-state index in [4.69, 9.17) is 10.1 Å². The molecule has 0 saturated carbocycles. The van der Waals surface area contributed by atoms with Gasteiger partial charge in [-0.3, -0.25) is 9.59 Å². The number of pyridine rings is 1. The first-order valence-corrected chi connectivity index (χ1v) is 15.6. The fourth-order valence-electron chi connectivity index (χ4n) is 6.02. The molecular formula is C36H39N7O2. The average Bonchev–Trinajstić information content (AvgIpc) is 3.45. The number of carbonyl (C=O) groups is 2. The van der Waals surface area contributed by atoms with Crippen LogP contribution in [0.5, 0.6) is 0 Å².